The highest BCUT2D eigenvalue weighted by Gasteiger charge is 2.12. The molecule has 0 spiro atoms. The van der Waals surface area contributed by atoms with E-state index in [1.807, 2.05) is 0 Å². The first-order chi connectivity index (χ1) is 4.72. The van der Waals surface area contributed by atoms with Crippen molar-refractivity contribution in [2.75, 3.05) is 0 Å². The van der Waals surface area contributed by atoms with Crippen molar-refractivity contribution in [1.82, 2.24) is 0 Å². The highest BCUT2D eigenvalue weighted by Crippen LogP contribution is 2.10. The monoisotopic (exact) mass is 139 g/mol. The van der Waals surface area contributed by atoms with Crippen LogP contribution in [0.2, 0.25) is 0 Å². The molecule has 1 atom stereocenters. The van der Waals surface area contributed by atoms with Crippen LogP contribution in [0.25, 0.3) is 0 Å². The van der Waals surface area contributed by atoms with Crippen molar-refractivity contribution < 1.29 is 9.21 Å². The summed E-state index contributed by atoms with van der Waals surface area (Å²) in [6.45, 7) is 1.44. The fourth-order valence-electron chi connectivity index (χ4n) is 0.669. The van der Waals surface area contributed by atoms with Crippen LogP contribution in [-0.2, 0) is 4.79 Å². The Morgan fingerprint density at radius 3 is 2.90 bits per heavy atom. The third kappa shape index (κ3) is 1.25. The molecular formula is C7H9NO2. The molecule has 10 heavy (non-hydrogen) atoms. The zero-order chi connectivity index (χ0) is 7.56. The highest BCUT2D eigenvalue weighted by molar-refractivity contribution is 5.81. The van der Waals surface area contributed by atoms with Gasteiger partial charge in [-0.15, -0.1) is 0 Å². The third-order valence-electron chi connectivity index (χ3n) is 1.29. The molecule has 0 aliphatic rings. The predicted octanol–water partition coefficient (Wildman–Crippen LogP) is 0.868. The third-order valence-corrected chi connectivity index (χ3v) is 1.29. The van der Waals surface area contributed by atoms with Gasteiger partial charge in [0.15, 0.2) is 5.78 Å². The van der Waals surface area contributed by atoms with Crippen LogP contribution in [0.15, 0.2) is 22.8 Å². The Balaban J connectivity index is 2.77. The Kier molecular flexibility index (Phi) is 1.87. The Hall–Kier alpha value is -1.09. The van der Waals surface area contributed by atoms with Gasteiger partial charge in [-0.25, -0.2) is 0 Å². The van der Waals surface area contributed by atoms with Crippen LogP contribution in [-0.4, -0.2) is 5.78 Å². The van der Waals surface area contributed by atoms with E-state index in [1.165, 1.54) is 13.2 Å². The second-order valence-corrected chi connectivity index (χ2v) is 2.10. The van der Waals surface area contributed by atoms with Crippen LogP contribution < -0.4 is 5.73 Å². The van der Waals surface area contributed by atoms with Gasteiger partial charge in [-0.3, -0.25) is 4.79 Å². The maximum atomic E-state index is 10.7. The number of ketones is 1. The molecule has 2 N–H and O–H groups in total. The minimum absolute atomic E-state index is 0.0880. The van der Waals surface area contributed by atoms with Crippen LogP contribution in [0.1, 0.15) is 18.7 Å². The second kappa shape index (κ2) is 2.66. The SMILES string of the molecule is CC(=O)C(N)c1ccco1. The Morgan fingerprint density at radius 1 is 1.80 bits per heavy atom. The summed E-state index contributed by atoms with van der Waals surface area (Å²) in [6.07, 6.45) is 1.50. The van der Waals surface area contributed by atoms with Crippen molar-refractivity contribution in [3.05, 3.63) is 24.2 Å². The molecule has 54 valence electrons. The van der Waals surface area contributed by atoms with Crippen LogP contribution in [0.4, 0.5) is 0 Å². The van der Waals surface area contributed by atoms with Crippen LogP contribution in [0, 0.1) is 0 Å². The summed E-state index contributed by atoms with van der Waals surface area (Å²) in [5.74, 6) is 0.433. The van der Waals surface area contributed by atoms with Gasteiger partial charge in [-0.05, 0) is 19.1 Å². The van der Waals surface area contributed by atoms with E-state index in [-0.39, 0.29) is 5.78 Å². The zero-order valence-corrected chi connectivity index (χ0v) is 5.70. The molecule has 3 nitrogen and oxygen atoms in total. The van der Waals surface area contributed by atoms with E-state index >= 15 is 0 Å². The molecule has 0 aliphatic carbocycles. The first kappa shape index (κ1) is 7.02. The van der Waals surface area contributed by atoms with Crippen molar-refractivity contribution in [1.29, 1.82) is 0 Å². The molecule has 0 saturated heterocycles. The van der Waals surface area contributed by atoms with Crippen LogP contribution in [0.3, 0.4) is 0 Å². The number of Topliss-reactive ketones (excluding diaryl/α,β-unsaturated/α-hetero) is 1. The topological polar surface area (TPSA) is 56.2 Å². The van der Waals surface area contributed by atoms with Crippen LogP contribution in [0.5, 0.6) is 0 Å². The average Bonchev–Trinajstić information content (AvgIpc) is 2.36. The summed E-state index contributed by atoms with van der Waals surface area (Å²) in [6, 6.07) is 2.79. The Bertz CT molecular complexity index is 216. The summed E-state index contributed by atoms with van der Waals surface area (Å²) in [7, 11) is 0. The van der Waals surface area contributed by atoms with Gasteiger partial charge in [0.1, 0.15) is 11.8 Å². The first-order valence-corrected chi connectivity index (χ1v) is 3.01. The molecule has 1 aromatic rings. The lowest BCUT2D eigenvalue weighted by molar-refractivity contribution is -0.118. The quantitative estimate of drug-likeness (QED) is 0.661. The number of carbonyl (C=O) groups is 1. The Morgan fingerprint density at radius 2 is 2.50 bits per heavy atom. The van der Waals surface area contributed by atoms with Crippen molar-refractivity contribution in [2.45, 2.75) is 13.0 Å². The van der Waals surface area contributed by atoms with Crippen molar-refractivity contribution in [3.63, 3.8) is 0 Å². The van der Waals surface area contributed by atoms with Gasteiger partial charge < -0.3 is 10.2 Å². The number of rotatable bonds is 2. The van der Waals surface area contributed by atoms with E-state index in [9.17, 15) is 4.79 Å². The lowest BCUT2D eigenvalue weighted by Gasteiger charge is -2.01. The molecule has 3 heteroatoms. The summed E-state index contributed by atoms with van der Waals surface area (Å²) in [4.78, 5) is 10.7. The highest BCUT2D eigenvalue weighted by atomic mass is 16.3. The van der Waals surface area contributed by atoms with Gasteiger partial charge in [-0.1, -0.05) is 0 Å². The largest absolute Gasteiger partial charge is 0.467 e. The molecule has 0 saturated carbocycles. The van der Waals surface area contributed by atoms with Gasteiger partial charge in [0.05, 0.1) is 6.26 Å². The number of hydrogen-bond donors (Lipinski definition) is 1. The van der Waals surface area contributed by atoms with Gasteiger partial charge in [0.25, 0.3) is 0 Å². The number of nitrogens with two attached hydrogens (primary N) is 1. The molecule has 0 fully saturated rings. The molecule has 0 radical (unpaired) electrons. The van der Waals surface area contributed by atoms with Gasteiger partial charge in [0.2, 0.25) is 0 Å². The molecule has 0 amide bonds. The zero-order valence-electron chi connectivity index (χ0n) is 5.70. The summed E-state index contributed by atoms with van der Waals surface area (Å²) in [5.41, 5.74) is 5.44. The Labute approximate surface area is 58.8 Å². The van der Waals surface area contributed by atoms with Gasteiger partial charge >= 0.3 is 0 Å². The number of furan rings is 1. The summed E-state index contributed by atoms with van der Waals surface area (Å²) in [5, 5.41) is 0. The summed E-state index contributed by atoms with van der Waals surface area (Å²) < 4.78 is 4.91. The summed E-state index contributed by atoms with van der Waals surface area (Å²) >= 11 is 0. The van der Waals surface area contributed by atoms with Crippen molar-refractivity contribution in [2.24, 2.45) is 5.73 Å². The van der Waals surface area contributed by atoms with E-state index in [0.29, 0.717) is 5.76 Å². The molecule has 1 rings (SSSR count). The van der Waals surface area contributed by atoms with Gasteiger partial charge in [-0.2, -0.15) is 0 Å². The molecule has 1 heterocycles. The van der Waals surface area contributed by atoms with E-state index in [1.54, 1.807) is 12.1 Å². The smallest absolute Gasteiger partial charge is 0.154 e. The maximum Gasteiger partial charge on any atom is 0.154 e. The second-order valence-electron chi connectivity index (χ2n) is 2.10. The molecule has 0 aromatic carbocycles. The van der Waals surface area contributed by atoms with E-state index in [2.05, 4.69) is 0 Å². The van der Waals surface area contributed by atoms with E-state index in [4.69, 9.17) is 10.2 Å². The lowest BCUT2D eigenvalue weighted by Crippen LogP contribution is -2.17. The van der Waals surface area contributed by atoms with Crippen LogP contribution >= 0.6 is 0 Å². The fourth-order valence-corrected chi connectivity index (χ4v) is 0.669. The first-order valence-electron chi connectivity index (χ1n) is 3.01. The number of hydrogen-bond acceptors (Lipinski definition) is 3. The minimum Gasteiger partial charge on any atom is -0.467 e. The van der Waals surface area contributed by atoms with Crippen molar-refractivity contribution >= 4 is 5.78 Å². The normalized spacial score (nSPS) is 13.0. The minimum atomic E-state index is -0.602. The number of carbonyl (C=O) groups excluding carboxylic acids is 1. The van der Waals surface area contributed by atoms with Crippen molar-refractivity contribution in [3.8, 4) is 0 Å². The molecule has 1 aromatic heterocycles. The molecular weight excluding hydrogens is 130 g/mol. The van der Waals surface area contributed by atoms with E-state index < -0.39 is 6.04 Å². The molecule has 1 unspecified atom stereocenters. The molecule has 0 bridgehead atoms. The average molecular weight is 139 g/mol. The molecule has 0 aliphatic heterocycles. The fraction of sp³-hybridized carbons (Fsp3) is 0.286. The van der Waals surface area contributed by atoms with E-state index in [0.717, 1.165) is 0 Å². The lowest BCUT2D eigenvalue weighted by atomic mass is 10.2. The van der Waals surface area contributed by atoms with Gasteiger partial charge in [0, 0.05) is 0 Å². The standard InChI is InChI=1S/C7H9NO2/c1-5(9)7(8)6-3-2-4-10-6/h2-4,7H,8H2,1H3. The predicted molar refractivity (Wildman–Crippen MR) is 36.3 cm³/mol. The maximum absolute atomic E-state index is 10.7.